The highest BCUT2D eigenvalue weighted by Crippen LogP contribution is 2.32. The number of pyridine rings is 2. The summed E-state index contributed by atoms with van der Waals surface area (Å²) < 4.78 is 14.4. The van der Waals surface area contributed by atoms with Gasteiger partial charge in [-0.3, -0.25) is 9.97 Å². The molecule has 1 unspecified atom stereocenters. The van der Waals surface area contributed by atoms with Gasteiger partial charge >= 0.3 is 0 Å². The average molecular weight is 507 g/mol. The van der Waals surface area contributed by atoms with Crippen LogP contribution in [0.25, 0.3) is 33.6 Å². The van der Waals surface area contributed by atoms with Gasteiger partial charge in [0.2, 0.25) is 0 Å². The summed E-state index contributed by atoms with van der Waals surface area (Å²) in [5.41, 5.74) is 6.56. The molecule has 0 aliphatic rings. The normalized spacial score (nSPS) is 11.8. The maximum atomic E-state index is 14.4. The Morgan fingerprint density at radius 2 is 1.65 bits per heavy atom. The molecule has 1 radical (unpaired) electrons. The van der Waals surface area contributed by atoms with Gasteiger partial charge < -0.3 is 5.32 Å². The summed E-state index contributed by atoms with van der Waals surface area (Å²) in [6, 6.07) is 32.2. The zero-order chi connectivity index (χ0) is 25.6. The first kappa shape index (κ1) is 24.7. The maximum absolute atomic E-state index is 14.4. The largest absolute Gasteiger partial charge is 0.380 e. The van der Waals surface area contributed by atoms with Crippen molar-refractivity contribution >= 4 is 17.3 Å². The van der Waals surface area contributed by atoms with Gasteiger partial charge in [-0.05, 0) is 67.3 Å². The van der Waals surface area contributed by atoms with Gasteiger partial charge in [0.05, 0.1) is 17.1 Å². The van der Waals surface area contributed by atoms with Crippen molar-refractivity contribution in [2.24, 2.45) is 0 Å². The number of hydrogen-bond donors (Lipinski definition) is 1. The molecule has 3 nitrogen and oxygen atoms in total. The Kier molecular flexibility index (Phi) is 7.57. The van der Waals surface area contributed by atoms with Crippen LogP contribution >= 0.6 is 11.6 Å². The molecule has 0 aliphatic heterocycles. The average Bonchev–Trinajstić information content (AvgIpc) is 2.93. The molecule has 0 bridgehead atoms. The van der Waals surface area contributed by atoms with E-state index in [0.29, 0.717) is 16.3 Å². The SMILES string of the molecule is CC(CCc1ccccc1)Nc1[c]c(-c2ccnc(-c3ccccc3F)c2)cnc1-c1ccc(Cl)cc1. The van der Waals surface area contributed by atoms with Gasteiger partial charge in [0, 0.05) is 46.2 Å². The highest BCUT2D eigenvalue weighted by molar-refractivity contribution is 6.30. The summed E-state index contributed by atoms with van der Waals surface area (Å²) in [6.07, 6.45) is 5.40. The summed E-state index contributed by atoms with van der Waals surface area (Å²) in [7, 11) is 0. The minimum absolute atomic E-state index is 0.186. The number of anilines is 1. The summed E-state index contributed by atoms with van der Waals surface area (Å²) >= 11 is 6.13. The van der Waals surface area contributed by atoms with Crippen molar-refractivity contribution in [3.05, 3.63) is 126 Å². The number of rotatable bonds is 8. The molecular weight excluding hydrogens is 481 g/mol. The lowest BCUT2D eigenvalue weighted by atomic mass is 10.0. The topological polar surface area (TPSA) is 37.8 Å². The zero-order valence-electron chi connectivity index (χ0n) is 20.5. The number of aryl methyl sites for hydroxylation is 1. The summed E-state index contributed by atoms with van der Waals surface area (Å²) in [6.45, 7) is 2.16. The minimum Gasteiger partial charge on any atom is -0.380 e. The van der Waals surface area contributed by atoms with Gasteiger partial charge in [-0.1, -0.05) is 66.2 Å². The molecule has 3 aromatic carbocycles. The van der Waals surface area contributed by atoms with Crippen molar-refractivity contribution in [3.8, 4) is 33.6 Å². The van der Waals surface area contributed by atoms with Crippen molar-refractivity contribution in [2.45, 2.75) is 25.8 Å². The number of hydrogen-bond acceptors (Lipinski definition) is 3. The Hall–Kier alpha value is -4.02. The Bertz CT molecular complexity index is 1490. The standard InChI is InChI=1S/C32H26ClFN3/c1-22(11-12-23-7-3-2-4-8-23)37-31-20-26(21-36-32(31)24-13-15-27(33)16-14-24)25-17-18-35-30(19-25)28-9-5-6-10-29(28)34/h2-10,13-19,21-22,37H,11-12H2,1H3. The molecule has 2 heterocycles. The molecule has 1 N–H and O–H groups in total. The fourth-order valence-electron chi connectivity index (χ4n) is 4.26. The molecule has 183 valence electrons. The fourth-order valence-corrected chi connectivity index (χ4v) is 4.38. The highest BCUT2D eigenvalue weighted by Gasteiger charge is 2.14. The van der Waals surface area contributed by atoms with Crippen LogP contribution in [-0.4, -0.2) is 16.0 Å². The van der Waals surface area contributed by atoms with Gasteiger partial charge in [-0.2, -0.15) is 0 Å². The predicted molar refractivity (Wildman–Crippen MR) is 150 cm³/mol. The van der Waals surface area contributed by atoms with Crippen molar-refractivity contribution in [3.63, 3.8) is 0 Å². The Morgan fingerprint density at radius 3 is 2.43 bits per heavy atom. The summed E-state index contributed by atoms with van der Waals surface area (Å²) in [5, 5.41) is 4.31. The molecule has 0 saturated heterocycles. The summed E-state index contributed by atoms with van der Waals surface area (Å²) in [5.74, 6) is -0.304. The van der Waals surface area contributed by atoms with E-state index in [9.17, 15) is 4.39 Å². The molecule has 0 aliphatic carbocycles. The van der Waals surface area contributed by atoms with Gasteiger partial charge in [0.1, 0.15) is 5.82 Å². The second-order valence-electron chi connectivity index (χ2n) is 9.01. The minimum atomic E-state index is -0.304. The second kappa shape index (κ2) is 11.4. The fraction of sp³-hybridized carbons (Fsp3) is 0.125. The van der Waals surface area contributed by atoms with Crippen LogP contribution in [0.4, 0.5) is 10.1 Å². The first-order chi connectivity index (χ1) is 18.1. The van der Waals surface area contributed by atoms with Crippen molar-refractivity contribution in [2.75, 3.05) is 5.32 Å². The van der Waals surface area contributed by atoms with Gasteiger partial charge in [-0.15, -0.1) is 0 Å². The van der Waals surface area contributed by atoms with E-state index >= 15 is 0 Å². The van der Waals surface area contributed by atoms with Crippen molar-refractivity contribution in [1.29, 1.82) is 0 Å². The van der Waals surface area contributed by atoms with E-state index in [1.165, 1.54) is 11.6 Å². The third-order valence-corrected chi connectivity index (χ3v) is 6.51. The number of nitrogens with one attached hydrogen (secondary N) is 1. The molecule has 37 heavy (non-hydrogen) atoms. The lowest BCUT2D eigenvalue weighted by Gasteiger charge is -2.19. The molecule has 1 atom stereocenters. The van der Waals surface area contributed by atoms with Gasteiger partial charge in [0.15, 0.2) is 0 Å². The first-order valence-electron chi connectivity index (χ1n) is 12.3. The Labute approximate surface area is 222 Å². The van der Waals surface area contributed by atoms with E-state index in [1.54, 1.807) is 30.6 Å². The maximum Gasteiger partial charge on any atom is 0.132 e. The zero-order valence-corrected chi connectivity index (χ0v) is 21.2. The lowest BCUT2D eigenvalue weighted by Crippen LogP contribution is -2.17. The number of benzene rings is 3. The van der Waals surface area contributed by atoms with Crippen LogP contribution in [0, 0.1) is 11.9 Å². The molecule has 0 saturated carbocycles. The monoisotopic (exact) mass is 506 g/mol. The van der Waals surface area contributed by atoms with E-state index in [-0.39, 0.29) is 11.9 Å². The van der Waals surface area contributed by atoms with Crippen molar-refractivity contribution < 1.29 is 4.39 Å². The second-order valence-corrected chi connectivity index (χ2v) is 9.44. The van der Waals surface area contributed by atoms with Crippen LogP contribution in [0.3, 0.4) is 0 Å². The summed E-state index contributed by atoms with van der Waals surface area (Å²) in [4.78, 5) is 9.21. The number of aromatic nitrogens is 2. The molecule has 5 rings (SSSR count). The molecule has 2 aromatic heterocycles. The van der Waals surface area contributed by atoms with E-state index in [0.717, 1.165) is 40.9 Å². The van der Waals surface area contributed by atoms with E-state index in [1.807, 2.05) is 42.5 Å². The van der Waals surface area contributed by atoms with E-state index < -0.39 is 0 Å². The third kappa shape index (κ3) is 6.04. The van der Waals surface area contributed by atoms with Crippen LogP contribution in [-0.2, 0) is 6.42 Å². The van der Waals surface area contributed by atoms with Crippen LogP contribution in [0.15, 0.2) is 103 Å². The smallest absolute Gasteiger partial charge is 0.132 e. The van der Waals surface area contributed by atoms with Crippen LogP contribution in [0.1, 0.15) is 18.9 Å². The van der Waals surface area contributed by atoms with Gasteiger partial charge in [-0.25, -0.2) is 4.39 Å². The molecule has 0 spiro atoms. The van der Waals surface area contributed by atoms with Crippen LogP contribution in [0.5, 0.6) is 0 Å². The number of halogens is 2. The Morgan fingerprint density at radius 1 is 0.892 bits per heavy atom. The Balaban J connectivity index is 1.47. The van der Waals surface area contributed by atoms with Crippen LogP contribution < -0.4 is 5.32 Å². The van der Waals surface area contributed by atoms with E-state index in [4.69, 9.17) is 16.6 Å². The quantitative estimate of drug-likeness (QED) is 0.229. The molecular formula is C32H26ClFN3. The molecule has 0 fully saturated rings. The molecule has 5 heteroatoms. The molecule has 0 amide bonds. The van der Waals surface area contributed by atoms with Gasteiger partial charge in [0.25, 0.3) is 0 Å². The first-order valence-corrected chi connectivity index (χ1v) is 12.6. The lowest BCUT2D eigenvalue weighted by molar-refractivity contribution is 0.631. The van der Waals surface area contributed by atoms with Crippen LogP contribution in [0.2, 0.25) is 5.02 Å². The molecule has 5 aromatic rings. The van der Waals surface area contributed by atoms with E-state index in [2.05, 4.69) is 47.6 Å². The van der Waals surface area contributed by atoms with Crippen molar-refractivity contribution in [1.82, 2.24) is 9.97 Å². The highest BCUT2D eigenvalue weighted by atomic mass is 35.5. The third-order valence-electron chi connectivity index (χ3n) is 6.26. The predicted octanol–water partition coefficient (Wildman–Crippen LogP) is 8.50. The number of nitrogens with zero attached hydrogens (tertiary/aromatic N) is 2.